The number of anilines is 1. The van der Waals surface area contributed by atoms with E-state index < -0.39 is 11.1 Å². The Morgan fingerprint density at radius 2 is 2.00 bits per heavy atom. The predicted octanol–water partition coefficient (Wildman–Crippen LogP) is -0.128. The van der Waals surface area contributed by atoms with Crippen molar-refractivity contribution >= 4 is 17.5 Å². The maximum absolute atomic E-state index is 12.1. The number of para-hydroxylation sites is 1. The zero-order valence-electron chi connectivity index (χ0n) is 13.7. The Balaban J connectivity index is 1.69. The number of amides is 2. The second-order valence-corrected chi connectivity index (χ2v) is 6.01. The van der Waals surface area contributed by atoms with Gasteiger partial charge in [0.05, 0.1) is 6.42 Å². The van der Waals surface area contributed by atoms with Crippen LogP contribution in [0.5, 0.6) is 0 Å². The van der Waals surface area contributed by atoms with Gasteiger partial charge >= 0.3 is 0 Å². The number of nitrogens with zero attached hydrogens (tertiary/aromatic N) is 1. The molecule has 3 rings (SSSR count). The summed E-state index contributed by atoms with van der Waals surface area (Å²) < 4.78 is 0. The molecule has 8 heteroatoms. The normalized spacial score (nSPS) is 16.4. The molecule has 3 N–H and O–H groups in total. The van der Waals surface area contributed by atoms with Crippen molar-refractivity contribution in [3.63, 3.8) is 0 Å². The molecule has 0 saturated heterocycles. The van der Waals surface area contributed by atoms with Gasteiger partial charge in [0.15, 0.2) is 0 Å². The fraction of sp³-hybridized carbons (Fsp3) is 0.294. The zero-order chi connectivity index (χ0) is 18.0. The lowest BCUT2D eigenvalue weighted by molar-refractivity contribution is -0.122. The van der Waals surface area contributed by atoms with E-state index in [4.69, 9.17) is 0 Å². The Morgan fingerprint density at radius 3 is 2.80 bits per heavy atom. The number of carbonyl (C=O) groups excluding carboxylic acids is 2. The third-order valence-electron chi connectivity index (χ3n) is 4.33. The molecule has 0 bridgehead atoms. The second-order valence-electron chi connectivity index (χ2n) is 6.01. The van der Waals surface area contributed by atoms with E-state index in [0.717, 1.165) is 17.3 Å². The molecule has 8 nitrogen and oxygen atoms in total. The zero-order valence-corrected chi connectivity index (χ0v) is 13.7. The van der Waals surface area contributed by atoms with Gasteiger partial charge in [-0.2, -0.15) is 0 Å². The van der Waals surface area contributed by atoms with Gasteiger partial charge in [-0.1, -0.05) is 18.2 Å². The van der Waals surface area contributed by atoms with E-state index in [2.05, 4.69) is 15.5 Å². The van der Waals surface area contributed by atoms with Gasteiger partial charge in [0.1, 0.15) is 0 Å². The first-order valence-electron chi connectivity index (χ1n) is 7.89. The van der Waals surface area contributed by atoms with E-state index in [1.54, 1.807) is 11.9 Å². The monoisotopic (exact) mass is 342 g/mol. The van der Waals surface area contributed by atoms with E-state index in [0.29, 0.717) is 6.42 Å². The Labute approximate surface area is 142 Å². The Hall–Kier alpha value is -3.16. The molecule has 1 unspecified atom stereocenters. The molecule has 1 aromatic carbocycles. The van der Waals surface area contributed by atoms with Crippen molar-refractivity contribution in [3.8, 4) is 0 Å². The van der Waals surface area contributed by atoms with E-state index in [-0.39, 0.29) is 36.3 Å². The first-order chi connectivity index (χ1) is 12.0. The van der Waals surface area contributed by atoms with Crippen molar-refractivity contribution in [1.29, 1.82) is 0 Å². The van der Waals surface area contributed by atoms with Crippen LogP contribution in [0.15, 0.2) is 39.9 Å². The number of hydrogen-bond acceptors (Lipinski definition) is 4. The molecule has 0 spiro atoms. The van der Waals surface area contributed by atoms with Gasteiger partial charge in [0.2, 0.25) is 11.8 Å². The lowest BCUT2D eigenvalue weighted by Gasteiger charge is -2.31. The molecule has 0 aliphatic carbocycles. The average molecular weight is 342 g/mol. The highest BCUT2D eigenvalue weighted by molar-refractivity contribution is 5.96. The SMILES string of the molecule is CN1C(=O)CC(CNC(=O)Cc2cc(=O)[nH][nH]c2=O)c2ccccc21. The first-order valence-corrected chi connectivity index (χ1v) is 7.89. The topological polar surface area (TPSA) is 115 Å². The highest BCUT2D eigenvalue weighted by atomic mass is 16.2. The van der Waals surface area contributed by atoms with Crippen LogP contribution in [0.2, 0.25) is 0 Å². The van der Waals surface area contributed by atoms with Crippen LogP contribution in [0.3, 0.4) is 0 Å². The van der Waals surface area contributed by atoms with Crippen molar-refractivity contribution in [2.24, 2.45) is 0 Å². The molecule has 1 atom stereocenters. The van der Waals surface area contributed by atoms with Crippen molar-refractivity contribution in [1.82, 2.24) is 15.5 Å². The van der Waals surface area contributed by atoms with Crippen LogP contribution in [0.4, 0.5) is 5.69 Å². The standard InChI is InChI=1S/C17H18N4O4/c1-21-13-5-3-2-4-12(13)11(8-16(21)24)9-18-14(22)6-10-7-15(23)19-20-17(10)25/h2-5,7,11H,6,8-9H2,1H3,(H,18,22)(H,19,23)(H,20,25). The minimum absolute atomic E-state index is 0.0102. The van der Waals surface area contributed by atoms with Gasteiger partial charge in [-0.3, -0.25) is 29.4 Å². The number of fused-ring (bicyclic) bond motifs is 1. The van der Waals surface area contributed by atoms with Crippen molar-refractivity contribution in [3.05, 3.63) is 62.2 Å². The molecule has 2 amide bonds. The number of H-pyrrole nitrogens is 2. The van der Waals surface area contributed by atoms with Gasteiger partial charge in [-0.15, -0.1) is 0 Å². The Kier molecular flexibility index (Phi) is 4.51. The fourth-order valence-electron chi connectivity index (χ4n) is 2.97. The Morgan fingerprint density at radius 1 is 1.24 bits per heavy atom. The van der Waals surface area contributed by atoms with Crippen LogP contribution >= 0.6 is 0 Å². The lowest BCUT2D eigenvalue weighted by Crippen LogP contribution is -2.38. The highest BCUT2D eigenvalue weighted by Crippen LogP contribution is 2.34. The van der Waals surface area contributed by atoms with Crippen molar-refractivity contribution in [2.75, 3.05) is 18.5 Å². The number of nitrogens with one attached hydrogen (secondary N) is 3. The summed E-state index contributed by atoms with van der Waals surface area (Å²) in [6, 6.07) is 8.68. The summed E-state index contributed by atoms with van der Waals surface area (Å²) >= 11 is 0. The molecule has 1 aliphatic rings. The number of rotatable bonds is 4. The van der Waals surface area contributed by atoms with E-state index in [9.17, 15) is 19.2 Å². The minimum atomic E-state index is -0.505. The summed E-state index contributed by atoms with van der Waals surface area (Å²) in [5.74, 6) is -0.509. The fourth-order valence-corrected chi connectivity index (χ4v) is 2.97. The molecule has 25 heavy (non-hydrogen) atoms. The molecule has 0 fully saturated rings. The lowest BCUT2D eigenvalue weighted by atomic mass is 9.89. The third-order valence-corrected chi connectivity index (χ3v) is 4.33. The largest absolute Gasteiger partial charge is 0.355 e. The van der Waals surface area contributed by atoms with Crippen LogP contribution in [-0.4, -0.2) is 35.6 Å². The molecule has 0 saturated carbocycles. The quantitative estimate of drug-likeness (QED) is 0.718. The minimum Gasteiger partial charge on any atom is -0.355 e. The number of benzene rings is 1. The summed E-state index contributed by atoms with van der Waals surface area (Å²) in [4.78, 5) is 48.7. The van der Waals surface area contributed by atoms with E-state index in [1.165, 1.54) is 0 Å². The van der Waals surface area contributed by atoms with Crippen LogP contribution in [0, 0.1) is 0 Å². The van der Waals surface area contributed by atoms with E-state index >= 15 is 0 Å². The van der Waals surface area contributed by atoms with Crippen molar-refractivity contribution < 1.29 is 9.59 Å². The maximum atomic E-state index is 12.1. The predicted molar refractivity (Wildman–Crippen MR) is 91.6 cm³/mol. The summed E-state index contributed by atoms with van der Waals surface area (Å²) in [7, 11) is 1.73. The first kappa shape index (κ1) is 16.7. The van der Waals surface area contributed by atoms with Gasteiger partial charge < -0.3 is 10.2 Å². The van der Waals surface area contributed by atoms with Crippen LogP contribution in [-0.2, 0) is 16.0 Å². The maximum Gasteiger partial charge on any atom is 0.266 e. The van der Waals surface area contributed by atoms with Gasteiger partial charge in [0.25, 0.3) is 11.1 Å². The molecular weight excluding hydrogens is 324 g/mol. The van der Waals surface area contributed by atoms with E-state index in [1.807, 2.05) is 24.3 Å². The molecule has 130 valence electrons. The van der Waals surface area contributed by atoms with Crippen LogP contribution < -0.4 is 21.3 Å². The summed E-state index contributed by atoms with van der Waals surface area (Å²) in [6.45, 7) is 0.288. The molecule has 0 radical (unpaired) electrons. The van der Waals surface area contributed by atoms with Crippen molar-refractivity contribution in [2.45, 2.75) is 18.8 Å². The molecule has 1 aliphatic heterocycles. The molecular formula is C17H18N4O4. The summed E-state index contributed by atoms with van der Waals surface area (Å²) in [6.07, 6.45) is 0.112. The smallest absolute Gasteiger partial charge is 0.266 e. The number of carbonyl (C=O) groups is 2. The van der Waals surface area contributed by atoms with Gasteiger partial charge in [-0.25, -0.2) is 0 Å². The molecule has 2 aromatic rings. The molecule has 1 aromatic heterocycles. The summed E-state index contributed by atoms with van der Waals surface area (Å²) in [5, 5.41) is 7.08. The van der Waals surface area contributed by atoms with Crippen LogP contribution in [0.25, 0.3) is 0 Å². The number of aromatic amines is 2. The summed E-state index contributed by atoms with van der Waals surface area (Å²) in [5.41, 5.74) is 0.954. The molecule has 2 heterocycles. The average Bonchev–Trinajstić information content (AvgIpc) is 2.60. The van der Waals surface area contributed by atoms with Gasteiger partial charge in [0, 0.05) is 43.2 Å². The highest BCUT2D eigenvalue weighted by Gasteiger charge is 2.28. The number of aromatic nitrogens is 2. The van der Waals surface area contributed by atoms with Crippen LogP contribution in [0.1, 0.15) is 23.5 Å². The number of hydrogen-bond donors (Lipinski definition) is 3. The third kappa shape index (κ3) is 3.52. The van der Waals surface area contributed by atoms with Gasteiger partial charge in [-0.05, 0) is 11.6 Å². The Bertz CT molecular complexity index is 930. The second kappa shape index (κ2) is 6.76.